The summed E-state index contributed by atoms with van der Waals surface area (Å²) in [6.45, 7) is 3.53. The third-order valence-electron chi connectivity index (χ3n) is 5.61. The number of carbonyl (C=O) groups is 2. The minimum absolute atomic E-state index is 0.439. The quantitative estimate of drug-likeness (QED) is 0.824. The largest absolute Gasteiger partial charge is 0.440 e. The zero-order valence-electron chi connectivity index (χ0n) is 15.9. The Hall–Kier alpha value is -2.37. The number of fused-ring (bicyclic) bond motifs is 1. The lowest BCUT2D eigenvalue weighted by Crippen LogP contribution is -2.40. The van der Waals surface area contributed by atoms with Gasteiger partial charge < -0.3 is 14.6 Å². The number of likely N-dealkylation sites (tertiary alicyclic amines) is 1. The molecule has 0 radical (unpaired) electrons. The summed E-state index contributed by atoms with van der Waals surface area (Å²) in [6.07, 6.45) is 7.73. The van der Waals surface area contributed by atoms with Crippen LogP contribution in [0.5, 0.6) is 0 Å². The van der Waals surface area contributed by atoms with Crippen molar-refractivity contribution in [1.29, 1.82) is 0 Å². The Kier molecular flexibility index (Phi) is 5.14. The summed E-state index contributed by atoms with van der Waals surface area (Å²) in [5.74, 6) is 0.874. The predicted molar refractivity (Wildman–Crippen MR) is 103 cm³/mol. The van der Waals surface area contributed by atoms with Crippen LogP contribution in [0.1, 0.15) is 63.7 Å². The van der Waals surface area contributed by atoms with Gasteiger partial charge in [0.2, 0.25) is 0 Å². The predicted octanol–water partition coefficient (Wildman–Crippen LogP) is 4.07. The van der Waals surface area contributed by atoms with E-state index >= 15 is 0 Å². The number of aromatic nitrogens is 1. The number of anilines is 1. The molecule has 1 aromatic heterocycles. The Bertz CT molecular complexity index is 840. The monoisotopic (exact) mass is 369 g/mol. The molecule has 0 spiro atoms. The van der Waals surface area contributed by atoms with Crippen LogP contribution in [-0.4, -0.2) is 34.8 Å². The summed E-state index contributed by atoms with van der Waals surface area (Å²) >= 11 is 0. The van der Waals surface area contributed by atoms with E-state index in [4.69, 9.17) is 4.42 Å². The molecule has 144 valence electrons. The summed E-state index contributed by atoms with van der Waals surface area (Å²) in [5.41, 5.74) is 2.02. The first-order chi connectivity index (χ1) is 13.1. The van der Waals surface area contributed by atoms with Gasteiger partial charge in [-0.25, -0.2) is 4.98 Å². The van der Waals surface area contributed by atoms with Gasteiger partial charge in [-0.15, -0.1) is 0 Å². The molecule has 2 fully saturated rings. The second kappa shape index (κ2) is 7.71. The lowest BCUT2D eigenvalue weighted by molar-refractivity contribution is -0.143. The number of hydrogen-bond acceptors (Lipinski definition) is 4. The van der Waals surface area contributed by atoms with Gasteiger partial charge in [0.1, 0.15) is 5.52 Å². The molecule has 1 aromatic carbocycles. The molecule has 2 aromatic rings. The molecule has 6 heteroatoms. The molecule has 0 bridgehead atoms. The number of nitrogens with one attached hydrogen (secondary N) is 1. The Labute approximate surface area is 159 Å². The van der Waals surface area contributed by atoms with Gasteiger partial charge in [0.15, 0.2) is 11.5 Å². The summed E-state index contributed by atoms with van der Waals surface area (Å²) in [5, 5.41) is 2.73. The summed E-state index contributed by atoms with van der Waals surface area (Å²) in [6, 6.07) is 5.33. The van der Waals surface area contributed by atoms with Crippen LogP contribution in [0.4, 0.5) is 5.69 Å². The average Bonchev–Trinajstić information content (AvgIpc) is 3.46. The van der Waals surface area contributed by atoms with Crippen molar-refractivity contribution < 1.29 is 14.0 Å². The molecule has 1 atom stereocenters. The molecule has 1 aliphatic heterocycles. The highest BCUT2D eigenvalue weighted by atomic mass is 16.3. The first-order valence-corrected chi connectivity index (χ1v) is 10.1. The van der Waals surface area contributed by atoms with E-state index in [1.165, 1.54) is 12.8 Å². The van der Waals surface area contributed by atoms with Crippen molar-refractivity contribution in [3.05, 3.63) is 24.1 Å². The number of benzene rings is 1. The fourth-order valence-electron chi connectivity index (χ4n) is 3.92. The van der Waals surface area contributed by atoms with Crippen LogP contribution < -0.4 is 5.32 Å². The van der Waals surface area contributed by atoms with E-state index in [1.807, 2.05) is 0 Å². The van der Waals surface area contributed by atoms with Crippen molar-refractivity contribution in [1.82, 2.24) is 9.88 Å². The van der Waals surface area contributed by atoms with Crippen molar-refractivity contribution in [3.8, 4) is 0 Å². The standard InChI is InChI=1S/C21H27N3O3/c1-2-4-14-5-3-11-24(12-10-14)21(26)19(25)22-16-8-9-18-17(13-16)23-20(27-18)15-6-7-15/h8-9,13-15H,2-7,10-12H2,1H3,(H,22,25)/t14-/m1/s1. The number of amides is 2. The average molecular weight is 369 g/mol. The molecule has 1 N–H and O–H groups in total. The third-order valence-corrected chi connectivity index (χ3v) is 5.61. The molecular formula is C21H27N3O3. The van der Waals surface area contributed by atoms with Crippen molar-refractivity contribution in [3.63, 3.8) is 0 Å². The number of hydrogen-bond donors (Lipinski definition) is 1. The van der Waals surface area contributed by atoms with E-state index in [2.05, 4.69) is 17.2 Å². The van der Waals surface area contributed by atoms with Gasteiger partial charge in [-0.1, -0.05) is 19.8 Å². The van der Waals surface area contributed by atoms with Crippen molar-refractivity contribution in [2.45, 2.75) is 57.8 Å². The van der Waals surface area contributed by atoms with E-state index < -0.39 is 11.8 Å². The number of carbonyl (C=O) groups excluding carboxylic acids is 2. The fraction of sp³-hybridized carbons (Fsp3) is 0.571. The number of rotatable bonds is 4. The van der Waals surface area contributed by atoms with Gasteiger partial charge in [-0.2, -0.15) is 0 Å². The maximum Gasteiger partial charge on any atom is 0.313 e. The van der Waals surface area contributed by atoms with Gasteiger partial charge in [0, 0.05) is 24.7 Å². The van der Waals surface area contributed by atoms with E-state index in [1.54, 1.807) is 23.1 Å². The van der Waals surface area contributed by atoms with Crippen molar-refractivity contribution in [2.75, 3.05) is 18.4 Å². The van der Waals surface area contributed by atoms with E-state index in [0.29, 0.717) is 30.6 Å². The molecule has 6 nitrogen and oxygen atoms in total. The summed E-state index contributed by atoms with van der Waals surface area (Å²) < 4.78 is 5.74. The van der Waals surface area contributed by atoms with Crippen LogP contribution in [0, 0.1) is 5.92 Å². The fourth-order valence-corrected chi connectivity index (χ4v) is 3.92. The SMILES string of the molecule is CCC[C@@H]1CCCN(C(=O)C(=O)Nc2ccc3oc(C4CC4)nc3c2)CC1. The summed E-state index contributed by atoms with van der Waals surface area (Å²) in [4.78, 5) is 31.2. The smallest absolute Gasteiger partial charge is 0.313 e. The highest BCUT2D eigenvalue weighted by molar-refractivity contribution is 6.39. The molecule has 4 rings (SSSR count). The maximum atomic E-state index is 12.6. The Morgan fingerprint density at radius 1 is 1.22 bits per heavy atom. The molecule has 27 heavy (non-hydrogen) atoms. The highest BCUT2D eigenvalue weighted by Gasteiger charge is 2.29. The first-order valence-electron chi connectivity index (χ1n) is 10.1. The zero-order valence-corrected chi connectivity index (χ0v) is 15.9. The molecular weight excluding hydrogens is 342 g/mol. The lowest BCUT2D eigenvalue weighted by atomic mass is 9.96. The van der Waals surface area contributed by atoms with E-state index in [9.17, 15) is 9.59 Å². The van der Waals surface area contributed by atoms with Gasteiger partial charge in [-0.3, -0.25) is 9.59 Å². The molecule has 1 saturated carbocycles. The Balaban J connectivity index is 1.39. The first kappa shape index (κ1) is 18.0. The maximum absolute atomic E-state index is 12.6. The molecule has 0 unspecified atom stereocenters. The zero-order chi connectivity index (χ0) is 18.8. The molecule has 2 aliphatic rings. The van der Waals surface area contributed by atoms with Gasteiger partial charge in [0.25, 0.3) is 0 Å². The van der Waals surface area contributed by atoms with Crippen LogP contribution >= 0.6 is 0 Å². The van der Waals surface area contributed by atoms with Crippen molar-refractivity contribution in [2.24, 2.45) is 5.92 Å². The van der Waals surface area contributed by atoms with Crippen LogP contribution in [-0.2, 0) is 9.59 Å². The number of oxazole rings is 1. The minimum Gasteiger partial charge on any atom is -0.440 e. The van der Waals surface area contributed by atoms with Crippen LogP contribution in [0.2, 0.25) is 0 Å². The van der Waals surface area contributed by atoms with Crippen LogP contribution in [0.25, 0.3) is 11.1 Å². The second-order valence-electron chi connectivity index (χ2n) is 7.84. The lowest BCUT2D eigenvalue weighted by Gasteiger charge is -2.20. The van der Waals surface area contributed by atoms with Gasteiger partial charge in [0.05, 0.1) is 0 Å². The van der Waals surface area contributed by atoms with Gasteiger partial charge >= 0.3 is 11.8 Å². The molecule has 1 aliphatic carbocycles. The topological polar surface area (TPSA) is 75.4 Å². The number of nitrogens with zero attached hydrogens (tertiary/aromatic N) is 2. The summed E-state index contributed by atoms with van der Waals surface area (Å²) in [7, 11) is 0. The van der Waals surface area contributed by atoms with Crippen LogP contribution in [0.15, 0.2) is 22.6 Å². The second-order valence-corrected chi connectivity index (χ2v) is 7.84. The highest BCUT2D eigenvalue weighted by Crippen LogP contribution is 2.40. The Morgan fingerprint density at radius 2 is 2.07 bits per heavy atom. The minimum atomic E-state index is -0.575. The molecule has 2 heterocycles. The van der Waals surface area contributed by atoms with E-state index in [-0.39, 0.29) is 0 Å². The van der Waals surface area contributed by atoms with Crippen molar-refractivity contribution >= 4 is 28.6 Å². The third kappa shape index (κ3) is 4.15. The van der Waals surface area contributed by atoms with Crippen LogP contribution in [0.3, 0.4) is 0 Å². The molecule has 2 amide bonds. The Morgan fingerprint density at radius 3 is 2.85 bits per heavy atom. The van der Waals surface area contributed by atoms with E-state index in [0.717, 1.165) is 49.1 Å². The van der Waals surface area contributed by atoms with Gasteiger partial charge in [-0.05, 0) is 56.2 Å². The normalized spacial score (nSPS) is 20.5. The molecule has 1 saturated heterocycles.